The number of rotatable bonds is 5. The molecule has 0 saturated heterocycles. The lowest BCUT2D eigenvalue weighted by atomic mass is 9.63. The van der Waals surface area contributed by atoms with Crippen LogP contribution in [0.2, 0.25) is 5.02 Å². The van der Waals surface area contributed by atoms with E-state index in [1.165, 1.54) is 63.0 Å². The van der Waals surface area contributed by atoms with E-state index < -0.39 is 0 Å². The third kappa shape index (κ3) is 4.35. The van der Waals surface area contributed by atoms with Crippen LogP contribution in [0.3, 0.4) is 0 Å². The lowest BCUT2D eigenvalue weighted by Gasteiger charge is -2.42. The highest BCUT2D eigenvalue weighted by Gasteiger charge is 2.35. The average Bonchev–Trinajstić information content (AvgIpc) is 2.74. The van der Waals surface area contributed by atoms with Gasteiger partial charge in [0.2, 0.25) is 0 Å². The molecule has 4 unspecified atom stereocenters. The summed E-state index contributed by atoms with van der Waals surface area (Å²) in [6, 6.07) is 13.8. The monoisotopic (exact) mass is 396 g/mol. The minimum absolute atomic E-state index is 0.177. The number of fused-ring (bicyclic) bond motifs is 1. The van der Waals surface area contributed by atoms with E-state index in [9.17, 15) is 4.39 Å². The zero-order valence-corrected chi connectivity index (χ0v) is 17.3. The van der Waals surface area contributed by atoms with Crippen molar-refractivity contribution in [3.8, 4) is 11.1 Å². The second-order valence-electron chi connectivity index (χ2n) is 8.83. The molecule has 0 aliphatic heterocycles. The largest absolute Gasteiger partial charge is 0.205 e. The molecule has 4 rings (SSSR count). The first-order valence-electron chi connectivity index (χ1n) is 10.8. The smallest absolute Gasteiger partial charge is 0.142 e. The topological polar surface area (TPSA) is 0 Å². The predicted molar refractivity (Wildman–Crippen MR) is 117 cm³/mol. The van der Waals surface area contributed by atoms with Crippen LogP contribution >= 0.6 is 11.6 Å². The third-order valence-corrected chi connectivity index (χ3v) is 7.44. The van der Waals surface area contributed by atoms with Crippen LogP contribution in [-0.4, -0.2) is 0 Å². The standard InChI is InChI=1S/C26H30ClF/c1-2-3-4-18-5-6-23-16-22(12-11-21(23)15-18)19-7-9-20(10-8-19)24-13-14-25(27)26(28)17-24/h2,7-10,13-14,17-18,21-23H,1,3-6,11-12,15-16H2. The van der Waals surface area contributed by atoms with Crippen LogP contribution < -0.4 is 0 Å². The minimum atomic E-state index is -0.356. The van der Waals surface area contributed by atoms with Gasteiger partial charge in [0, 0.05) is 0 Å². The van der Waals surface area contributed by atoms with Crippen molar-refractivity contribution in [2.75, 3.05) is 0 Å². The summed E-state index contributed by atoms with van der Waals surface area (Å²) in [5.74, 6) is 3.10. The molecule has 148 valence electrons. The molecule has 0 nitrogen and oxygen atoms in total. The highest BCUT2D eigenvalue weighted by molar-refractivity contribution is 6.30. The molecular formula is C26H30ClF. The van der Waals surface area contributed by atoms with E-state index in [0.29, 0.717) is 5.92 Å². The van der Waals surface area contributed by atoms with Gasteiger partial charge in [0.15, 0.2) is 0 Å². The molecule has 2 fully saturated rings. The molecule has 0 N–H and O–H groups in total. The van der Waals surface area contributed by atoms with Gasteiger partial charge < -0.3 is 0 Å². The molecule has 2 aliphatic carbocycles. The lowest BCUT2D eigenvalue weighted by molar-refractivity contribution is 0.115. The lowest BCUT2D eigenvalue weighted by Crippen LogP contribution is -2.30. The van der Waals surface area contributed by atoms with Crippen molar-refractivity contribution in [2.24, 2.45) is 17.8 Å². The SMILES string of the molecule is C=CCCC1CCC2CC(c3ccc(-c4ccc(Cl)c(F)c4)cc3)CCC2C1. The molecule has 2 aromatic carbocycles. The van der Waals surface area contributed by atoms with Crippen molar-refractivity contribution < 1.29 is 4.39 Å². The number of hydrogen-bond acceptors (Lipinski definition) is 0. The highest BCUT2D eigenvalue weighted by Crippen LogP contribution is 2.48. The Balaban J connectivity index is 1.39. The summed E-state index contributed by atoms with van der Waals surface area (Å²) in [5, 5.41) is 0.177. The summed E-state index contributed by atoms with van der Waals surface area (Å²) in [4.78, 5) is 0. The Bertz CT molecular complexity index is 810. The van der Waals surface area contributed by atoms with Crippen LogP contribution in [-0.2, 0) is 0 Å². The summed E-state index contributed by atoms with van der Waals surface area (Å²) < 4.78 is 13.8. The maximum atomic E-state index is 13.8. The first-order valence-corrected chi connectivity index (χ1v) is 11.2. The van der Waals surface area contributed by atoms with E-state index >= 15 is 0 Å². The van der Waals surface area contributed by atoms with E-state index in [2.05, 4.69) is 36.9 Å². The Hall–Kier alpha value is -1.60. The van der Waals surface area contributed by atoms with Crippen molar-refractivity contribution >= 4 is 11.6 Å². The minimum Gasteiger partial charge on any atom is -0.205 e. The maximum absolute atomic E-state index is 13.8. The van der Waals surface area contributed by atoms with Gasteiger partial charge in [-0.1, -0.05) is 54.4 Å². The predicted octanol–water partition coefficient (Wildman–Crippen LogP) is 8.41. The molecule has 28 heavy (non-hydrogen) atoms. The Morgan fingerprint density at radius 2 is 1.64 bits per heavy atom. The molecule has 2 aromatic rings. The summed E-state index contributed by atoms with van der Waals surface area (Å²) in [5.41, 5.74) is 3.39. The fourth-order valence-electron chi connectivity index (χ4n) is 5.53. The number of hydrogen-bond donors (Lipinski definition) is 0. The zero-order chi connectivity index (χ0) is 19.5. The Morgan fingerprint density at radius 3 is 2.39 bits per heavy atom. The van der Waals surface area contributed by atoms with E-state index in [1.807, 2.05) is 6.07 Å². The normalized spacial score (nSPS) is 27.2. The fourth-order valence-corrected chi connectivity index (χ4v) is 5.65. The average molecular weight is 397 g/mol. The van der Waals surface area contributed by atoms with E-state index in [1.54, 1.807) is 6.07 Å². The highest BCUT2D eigenvalue weighted by atomic mass is 35.5. The number of allylic oxidation sites excluding steroid dienone is 1. The molecular weight excluding hydrogens is 367 g/mol. The molecule has 2 heteroatoms. The Kier molecular flexibility index (Phi) is 6.21. The van der Waals surface area contributed by atoms with Gasteiger partial charge in [-0.2, -0.15) is 0 Å². The molecule has 0 heterocycles. The van der Waals surface area contributed by atoms with Crippen LogP contribution in [0, 0.1) is 23.6 Å². The molecule has 0 radical (unpaired) electrons. The first kappa shape index (κ1) is 19.7. The molecule has 0 bridgehead atoms. The molecule has 0 aromatic heterocycles. The zero-order valence-electron chi connectivity index (χ0n) is 16.5. The second-order valence-corrected chi connectivity index (χ2v) is 9.23. The number of halogens is 2. The molecule has 2 aliphatic rings. The van der Waals surface area contributed by atoms with E-state index in [-0.39, 0.29) is 10.8 Å². The van der Waals surface area contributed by atoms with Gasteiger partial charge in [-0.3, -0.25) is 0 Å². The molecule has 4 atom stereocenters. The van der Waals surface area contributed by atoms with Crippen LogP contribution in [0.4, 0.5) is 4.39 Å². The van der Waals surface area contributed by atoms with Crippen LogP contribution in [0.15, 0.2) is 55.1 Å². The number of benzene rings is 2. The van der Waals surface area contributed by atoms with Gasteiger partial charge in [-0.05, 0) is 97.4 Å². The van der Waals surface area contributed by atoms with E-state index in [0.717, 1.165) is 28.9 Å². The van der Waals surface area contributed by atoms with Crippen molar-refractivity contribution in [1.29, 1.82) is 0 Å². The third-order valence-electron chi connectivity index (χ3n) is 7.14. The van der Waals surface area contributed by atoms with Crippen molar-refractivity contribution in [2.45, 2.75) is 57.3 Å². The van der Waals surface area contributed by atoms with Crippen LogP contribution in [0.5, 0.6) is 0 Å². The van der Waals surface area contributed by atoms with Crippen molar-refractivity contribution in [1.82, 2.24) is 0 Å². The summed E-state index contributed by atoms with van der Waals surface area (Å²) in [6.45, 7) is 3.88. The Morgan fingerprint density at radius 1 is 0.929 bits per heavy atom. The fraction of sp³-hybridized carbons (Fsp3) is 0.462. The summed E-state index contributed by atoms with van der Waals surface area (Å²) in [6.07, 6.45) is 12.9. The molecule has 0 spiro atoms. The Labute approximate surface area is 173 Å². The summed E-state index contributed by atoms with van der Waals surface area (Å²) in [7, 11) is 0. The second kappa shape index (κ2) is 8.82. The first-order chi connectivity index (χ1) is 13.6. The molecule has 0 amide bonds. The van der Waals surface area contributed by atoms with Gasteiger partial charge in [0.25, 0.3) is 0 Å². The van der Waals surface area contributed by atoms with E-state index in [4.69, 9.17) is 11.6 Å². The van der Waals surface area contributed by atoms with Crippen molar-refractivity contribution in [3.63, 3.8) is 0 Å². The molecule has 2 saturated carbocycles. The van der Waals surface area contributed by atoms with Gasteiger partial charge in [-0.15, -0.1) is 6.58 Å². The van der Waals surface area contributed by atoms with Gasteiger partial charge in [0.1, 0.15) is 5.82 Å². The van der Waals surface area contributed by atoms with Crippen molar-refractivity contribution in [3.05, 3.63) is 71.5 Å². The van der Waals surface area contributed by atoms with Crippen LogP contribution in [0.25, 0.3) is 11.1 Å². The van der Waals surface area contributed by atoms with Gasteiger partial charge in [0.05, 0.1) is 5.02 Å². The van der Waals surface area contributed by atoms with Crippen LogP contribution in [0.1, 0.15) is 62.8 Å². The van der Waals surface area contributed by atoms with Gasteiger partial charge >= 0.3 is 0 Å². The summed E-state index contributed by atoms with van der Waals surface area (Å²) >= 11 is 5.81. The maximum Gasteiger partial charge on any atom is 0.142 e. The van der Waals surface area contributed by atoms with Gasteiger partial charge in [-0.25, -0.2) is 4.39 Å². The quantitative estimate of drug-likeness (QED) is 0.445.